The number of nitrogens with one attached hydrogen (secondary N) is 1. The molecule has 0 saturated heterocycles. The summed E-state index contributed by atoms with van der Waals surface area (Å²) < 4.78 is 4.99. The molecular formula is C25H19N3O2S. The number of nitriles is 1. The van der Waals surface area contributed by atoms with E-state index >= 15 is 0 Å². The van der Waals surface area contributed by atoms with Crippen molar-refractivity contribution in [3.8, 4) is 17.3 Å². The van der Waals surface area contributed by atoms with Crippen LogP contribution in [0.1, 0.15) is 22.3 Å². The molecule has 1 aromatic heterocycles. The van der Waals surface area contributed by atoms with Crippen molar-refractivity contribution in [3.63, 3.8) is 0 Å². The van der Waals surface area contributed by atoms with E-state index < -0.39 is 0 Å². The van der Waals surface area contributed by atoms with Crippen LogP contribution in [-0.2, 0) is 4.74 Å². The number of aromatic nitrogens is 1. The number of rotatable bonds is 6. The van der Waals surface area contributed by atoms with Gasteiger partial charge in [-0.1, -0.05) is 42.5 Å². The molecule has 0 saturated carbocycles. The highest BCUT2D eigenvalue weighted by molar-refractivity contribution is 7.11. The normalized spacial score (nSPS) is 11.2. The smallest absolute Gasteiger partial charge is 0.338 e. The fraction of sp³-hybridized carbons (Fsp3) is 0.0800. The standard InChI is InChI=1S/C25H19N3O2S/c1-2-30-25(29)18-10-12-20(13-11-18)27-15-19(14-26)24-28-23(16-31-24)22-9-5-7-17-6-3-4-8-21(17)22/h3-13,15-16,27H,2H2,1H3. The number of allylic oxidation sites excluding steroid dienone is 1. The Morgan fingerprint density at radius 1 is 1.13 bits per heavy atom. The molecule has 0 spiro atoms. The van der Waals surface area contributed by atoms with Crippen LogP contribution in [0.5, 0.6) is 0 Å². The average molecular weight is 426 g/mol. The number of anilines is 1. The molecular weight excluding hydrogens is 406 g/mol. The zero-order valence-electron chi connectivity index (χ0n) is 16.8. The maximum absolute atomic E-state index is 11.7. The van der Waals surface area contributed by atoms with Crippen molar-refractivity contribution in [3.05, 3.63) is 88.9 Å². The minimum absolute atomic E-state index is 0.335. The monoisotopic (exact) mass is 425 g/mol. The Morgan fingerprint density at radius 3 is 2.68 bits per heavy atom. The van der Waals surface area contributed by atoms with Gasteiger partial charge in [0.15, 0.2) is 0 Å². The topological polar surface area (TPSA) is 75.0 Å². The summed E-state index contributed by atoms with van der Waals surface area (Å²) in [6.45, 7) is 2.11. The van der Waals surface area contributed by atoms with E-state index in [2.05, 4.69) is 29.6 Å². The second-order valence-corrected chi connectivity index (χ2v) is 7.53. The van der Waals surface area contributed by atoms with Crippen LogP contribution >= 0.6 is 11.3 Å². The zero-order chi connectivity index (χ0) is 21.6. The van der Waals surface area contributed by atoms with Crippen molar-refractivity contribution in [1.82, 2.24) is 4.98 Å². The number of carbonyl (C=O) groups is 1. The van der Waals surface area contributed by atoms with Gasteiger partial charge in [0, 0.05) is 22.8 Å². The molecule has 1 heterocycles. The van der Waals surface area contributed by atoms with Crippen LogP contribution in [-0.4, -0.2) is 17.6 Å². The molecule has 0 bridgehead atoms. The van der Waals surface area contributed by atoms with Gasteiger partial charge in [-0.15, -0.1) is 11.3 Å². The molecule has 5 nitrogen and oxygen atoms in total. The Kier molecular flexibility index (Phi) is 6.06. The van der Waals surface area contributed by atoms with Crippen molar-refractivity contribution in [2.75, 3.05) is 11.9 Å². The molecule has 6 heteroatoms. The first kappa shape index (κ1) is 20.3. The Morgan fingerprint density at radius 2 is 1.90 bits per heavy atom. The summed E-state index contributed by atoms with van der Waals surface area (Å²) in [4.78, 5) is 16.4. The molecule has 152 valence electrons. The lowest BCUT2D eigenvalue weighted by Gasteiger charge is -2.04. The van der Waals surface area contributed by atoms with Gasteiger partial charge in [-0.05, 0) is 42.0 Å². The van der Waals surface area contributed by atoms with Crippen LogP contribution < -0.4 is 5.32 Å². The van der Waals surface area contributed by atoms with Crippen molar-refractivity contribution >= 4 is 39.3 Å². The van der Waals surface area contributed by atoms with Crippen LogP contribution in [0.3, 0.4) is 0 Å². The molecule has 0 unspecified atom stereocenters. The first-order valence-electron chi connectivity index (χ1n) is 9.77. The molecule has 3 aromatic carbocycles. The van der Waals surface area contributed by atoms with Gasteiger partial charge >= 0.3 is 5.97 Å². The van der Waals surface area contributed by atoms with E-state index in [1.807, 2.05) is 29.6 Å². The SMILES string of the molecule is CCOC(=O)c1ccc(NC=C(C#N)c2nc(-c3cccc4ccccc34)cs2)cc1. The van der Waals surface area contributed by atoms with Crippen molar-refractivity contribution < 1.29 is 9.53 Å². The summed E-state index contributed by atoms with van der Waals surface area (Å²) in [5.41, 5.74) is 3.56. The fourth-order valence-corrected chi connectivity index (χ4v) is 3.97. The molecule has 0 atom stereocenters. The third kappa shape index (κ3) is 4.47. The lowest BCUT2D eigenvalue weighted by Crippen LogP contribution is -2.04. The third-order valence-electron chi connectivity index (χ3n) is 4.70. The first-order chi connectivity index (χ1) is 15.2. The van der Waals surface area contributed by atoms with Gasteiger partial charge < -0.3 is 10.1 Å². The number of nitrogens with zero attached hydrogens (tertiary/aromatic N) is 2. The number of esters is 1. The second kappa shape index (κ2) is 9.24. The van der Waals surface area contributed by atoms with Gasteiger partial charge in [-0.3, -0.25) is 0 Å². The molecule has 4 aromatic rings. The molecule has 1 N–H and O–H groups in total. The highest BCUT2D eigenvalue weighted by Crippen LogP contribution is 2.31. The van der Waals surface area contributed by atoms with Gasteiger partial charge in [0.1, 0.15) is 16.6 Å². The van der Waals surface area contributed by atoms with Gasteiger partial charge in [0.2, 0.25) is 0 Å². The Balaban J connectivity index is 1.55. The summed E-state index contributed by atoms with van der Waals surface area (Å²) in [5, 5.41) is 17.6. The lowest BCUT2D eigenvalue weighted by molar-refractivity contribution is 0.0526. The Bertz CT molecular complexity index is 1300. The van der Waals surface area contributed by atoms with Crippen LogP contribution in [0.4, 0.5) is 5.69 Å². The van der Waals surface area contributed by atoms with Crippen molar-refractivity contribution in [2.24, 2.45) is 0 Å². The summed E-state index contributed by atoms with van der Waals surface area (Å²) in [6, 6.07) is 23.4. The molecule has 0 fully saturated rings. The van der Waals surface area contributed by atoms with Gasteiger partial charge in [0.05, 0.1) is 17.9 Å². The molecule has 0 amide bonds. The summed E-state index contributed by atoms with van der Waals surface area (Å²) in [6.07, 6.45) is 1.63. The predicted octanol–water partition coefficient (Wildman–Crippen LogP) is 6.12. The highest BCUT2D eigenvalue weighted by atomic mass is 32.1. The summed E-state index contributed by atoms with van der Waals surface area (Å²) >= 11 is 1.43. The van der Waals surface area contributed by atoms with E-state index in [9.17, 15) is 10.1 Å². The molecule has 31 heavy (non-hydrogen) atoms. The number of hydrogen-bond acceptors (Lipinski definition) is 6. The number of ether oxygens (including phenoxy) is 1. The minimum atomic E-state index is -0.356. The summed E-state index contributed by atoms with van der Waals surface area (Å²) in [5.74, 6) is -0.356. The summed E-state index contributed by atoms with van der Waals surface area (Å²) in [7, 11) is 0. The second-order valence-electron chi connectivity index (χ2n) is 6.68. The van der Waals surface area contributed by atoms with E-state index in [4.69, 9.17) is 9.72 Å². The van der Waals surface area contributed by atoms with E-state index in [0.717, 1.165) is 27.7 Å². The quantitative estimate of drug-likeness (QED) is 0.298. The molecule has 0 aliphatic rings. The van der Waals surface area contributed by atoms with Crippen molar-refractivity contribution in [1.29, 1.82) is 5.26 Å². The van der Waals surface area contributed by atoms with Crippen LogP contribution in [0.15, 0.2) is 78.3 Å². The Hall–Kier alpha value is -3.95. The average Bonchev–Trinajstić information content (AvgIpc) is 3.29. The molecule has 0 radical (unpaired) electrons. The third-order valence-corrected chi connectivity index (χ3v) is 5.58. The first-order valence-corrected chi connectivity index (χ1v) is 10.7. The van der Waals surface area contributed by atoms with Crippen LogP contribution in [0.25, 0.3) is 27.6 Å². The molecule has 4 rings (SSSR count). The predicted molar refractivity (Wildman–Crippen MR) is 125 cm³/mol. The van der Waals surface area contributed by atoms with E-state index in [0.29, 0.717) is 22.8 Å². The Labute approximate surface area is 184 Å². The fourth-order valence-electron chi connectivity index (χ4n) is 3.18. The maximum atomic E-state index is 11.7. The maximum Gasteiger partial charge on any atom is 0.338 e. The number of thiazole rings is 1. The number of fused-ring (bicyclic) bond motifs is 1. The van der Waals surface area contributed by atoms with Crippen LogP contribution in [0.2, 0.25) is 0 Å². The van der Waals surface area contributed by atoms with Crippen molar-refractivity contribution in [2.45, 2.75) is 6.92 Å². The molecule has 0 aliphatic heterocycles. The lowest BCUT2D eigenvalue weighted by atomic mass is 10.0. The van der Waals surface area contributed by atoms with E-state index in [-0.39, 0.29) is 5.97 Å². The minimum Gasteiger partial charge on any atom is -0.462 e. The van der Waals surface area contributed by atoms with E-state index in [1.54, 1.807) is 37.4 Å². The number of benzene rings is 3. The zero-order valence-corrected chi connectivity index (χ0v) is 17.6. The van der Waals surface area contributed by atoms with Gasteiger partial charge in [-0.25, -0.2) is 9.78 Å². The largest absolute Gasteiger partial charge is 0.462 e. The van der Waals surface area contributed by atoms with Gasteiger partial charge in [0.25, 0.3) is 0 Å². The highest BCUT2D eigenvalue weighted by Gasteiger charge is 2.11. The number of hydrogen-bond donors (Lipinski definition) is 1. The van der Waals surface area contributed by atoms with Gasteiger partial charge in [-0.2, -0.15) is 5.26 Å². The molecule has 0 aliphatic carbocycles. The number of carbonyl (C=O) groups excluding carboxylic acids is 1. The van der Waals surface area contributed by atoms with Crippen LogP contribution in [0, 0.1) is 11.3 Å². The van der Waals surface area contributed by atoms with E-state index in [1.165, 1.54) is 11.3 Å².